The van der Waals surface area contributed by atoms with Crippen molar-refractivity contribution in [3.8, 4) is 0 Å². The predicted octanol–water partition coefficient (Wildman–Crippen LogP) is 3.77. The Bertz CT molecular complexity index is 857. The Kier molecular flexibility index (Phi) is 7.17. The summed E-state index contributed by atoms with van der Waals surface area (Å²) in [4.78, 5) is 2.26. The third-order valence-electron chi connectivity index (χ3n) is 4.82. The molecular formula is C20H24Cl2N2O2S. The maximum absolute atomic E-state index is 11.9. The second-order valence-corrected chi connectivity index (χ2v) is 10.1. The van der Waals surface area contributed by atoms with E-state index in [1.807, 2.05) is 48.5 Å². The Balaban J connectivity index is 1.58. The molecule has 0 saturated carbocycles. The van der Waals surface area contributed by atoms with Crippen LogP contribution in [0.5, 0.6) is 0 Å². The highest BCUT2D eigenvalue weighted by atomic mass is 35.5. The van der Waals surface area contributed by atoms with Crippen LogP contribution in [-0.4, -0.2) is 44.0 Å². The lowest BCUT2D eigenvalue weighted by Crippen LogP contribution is -2.40. The molecule has 0 radical (unpaired) electrons. The summed E-state index contributed by atoms with van der Waals surface area (Å²) in [5, 5.41) is 4.86. The van der Waals surface area contributed by atoms with E-state index in [2.05, 4.69) is 10.2 Å². The summed E-state index contributed by atoms with van der Waals surface area (Å²) in [7, 11) is -2.92. The molecule has 2 aromatic carbocycles. The van der Waals surface area contributed by atoms with Crippen LogP contribution in [0.15, 0.2) is 48.5 Å². The molecule has 0 amide bonds. The molecule has 0 unspecified atom stereocenters. The summed E-state index contributed by atoms with van der Waals surface area (Å²) in [5.41, 5.74) is 2.27. The van der Waals surface area contributed by atoms with Crippen LogP contribution < -0.4 is 5.32 Å². The van der Waals surface area contributed by atoms with Crippen LogP contribution in [-0.2, 0) is 22.9 Å². The molecule has 146 valence electrons. The van der Waals surface area contributed by atoms with Gasteiger partial charge < -0.3 is 5.32 Å². The first kappa shape index (κ1) is 20.6. The third kappa shape index (κ3) is 6.47. The molecule has 1 heterocycles. The highest BCUT2D eigenvalue weighted by Gasteiger charge is 2.32. The Morgan fingerprint density at radius 2 is 1.81 bits per heavy atom. The molecule has 3 rings (SSSR count). The van der Waals surface area contributed by atoms with Crippen LogP contribution in [0.2, 0.25) is 10.0 Å². The number of nitrogens with zero attached hydrogens (tertiary/aromatic N) is 1. The maximum Gasteiger partial charge on any atom is 0.151 e. The molecule has 4 nitrogen and oxygen atoms in total. The van der Waals surface area contributed by atoms with Crippen molar-refractivity contribution in [2.45, 2.75) is 25.6 Å². The molecule has 1 N–H and O–H groups in total. The molecule has 1 aliphatic heterocycles. The molecule has 0 spiro atoms. The van der Waals surface area contributed by atoms with E-state index in [-0.39, 0.29) is 17.5 Å². The van der Waals surface area contributed by atoms with E-state index in [1.54, 1.807) is 0 Å². The van der Waals surface area contributed by atoms with Gasteiger partial charge in [-0.1, -0.05) is 47.5 Å². The van der Waals surface area contributed by atoms with Crippen LogP contribution in [0.3, 0.4) is 0 Å². The fourth-order valence-corrected chi connectivity index (χ4v) is 5.48. The van der Waals surface area contributed by atoms with Crippen LogP contribution in [0, 0.1) is 0 Å². The Labute approximate surface area is 171 Å². The van der Waals surface area contributed by atoms with Crippen LogP contribution in [0.1, 0.15) is 17.5 Å². The third-order valence-corrected chi connectivity index (χ3v) is 7.06. The zero-order valence-electron chi connectivity index (χ0n) is 15.1. The van der Waals surface area contributed by atoms with E-state index in [9.17, 15) is 8.42 Å². The molecule has 1 saturated heterocycles. The molecule has 1 atom stereocenters. The molecular weight excluding hydrogens is 403 g/mol. The smallest absolute Gasteiger partial charge is 0.151 e. The zero-order valence-corrected chi connectivity index (χ0v) is 17.4. The van der Waals surface area contributed by atoms with Crippen molar-refractivity contribution in [1.82, 2.24) is 10.2 Å². The number of halogens is 2. The highest BCUT2D eigenvalue weighted by Crippen LogP contribution is 2.20. The highest BCUT2D eigenvalue weighted by molar-refractivity contribution is 7.91. The van der Waals surface area contributed by atoms with Gasteiger partial charge in [0.1, 0.15) is 0 Å². The van der Waals surface area contributed by atoms with Crippen molar-refractivity contribution in [2.75, 3.05) is 24.6 Å². The summed E-state index contributed by atoms with van der Waals surface area (Å²) >= 11 is 12.0. The summed E-state index contributed by atoms with van der Waals surface area (Å²) in [5.74, 6) is 0.527. The first-order valence-corrected chi connectivity index (χ1v) is 11.6. The minimum atomic E-state index is -2.92. The summed E-state index contributed by atoms with van der Waals surface area (Å²) in [6.07, 6.45) is 0.699. The monoisotopic (exact) mass is 426 g/mol. The van der Waals surface area contributed by atoms with Gasteiger partial charge >= 0.3 is 0 Å². The molecule has 0 aromatic heterocycles. The number of hydrogen-bond donors (Lipinski definition) is 1. The number of benzene rings is 2. The van der Waals surface area contributed by atoms with E-state index in [0.29, 0.717) is 11.4 Å². The molecule has 1 aliphatic rings. The second kappa shape index (κ2) is 9.39. The van der Waals surface area contributed by atoms with Gasteiger partial charge in [0.05, 0.1) is 11.5 Å². The molecule has 0 aliphatic carbocycles. The largest absolute Gasteiger partial charge is 0.311 e. The van der Waals surface area contributed by atoms with Gasteiger partial charge in [-0.15, -0.1) is 0 Å². The van der Waals surface area contributed by atoms with E-state index >= 15 is 0 Å². The van der Waals surface area contributed by atoms with E-state index in [4.69, 9.17) is 23.2 Å². The molecule has 2 aromatic rings. The van der Waals surface area contributed by atoms with Crippen LogP contribution in [0.25, 0.3) is 0 Å². The standard InChI is InChI=1S/C20H24Cl2N2O2S/c21-18-6-4-16(5-7-18)14-24(20-8-11-27(25,26)15-20)10-9-23-13-17-2-1-3-19(22)12-17/h1-7,12,20,23H,8-11,13-15H2/t20-/m1/s1. The Morgan fingerprint density at radius 1 is 1.04 bits per heavy atom. The fraction of sp³-hybridized carbons (Fsp3) is 0.400. The topological polar surface area (TPSA) is 49.4 Å². The summed E-state index contributed by atoms with van der Waals surface area (Å²) < 4.78 is 23.8. The van der Waals surface area contributed by atoms with E-state index in [1.165, 1.54) is 0 Å². The predicted molar refractivity (Wildman–Crippen MR) is 112 cm³/mol. The van der Waals surface area contributed by atoms with Gasteiger partial charge in [-0.25, -0.2) is 8.42 Å². The molecule has 0 bridgehead atoms. The molecule has 1 fully saturated rings. The molecule has 27 heavy (non-hydrogen) atoms. The van der Waals surface area contributed by atoms with E-state index in [0.717, 1.165) is 42.3 Å². The average molecular weight is 427 g/mol. The lowest BCUT2D eigenvalue weighted by Gasteiger charge is -2.28. The first-order valence-electron chi connectivity index (χ1n) is 9.05. The number of sulfone groups is 1. The van der Waals surface area contributed by atoms with Crippen LogP contribution >= 0.6 is 23.2 Å². The van der Waals surface area contributed by atoms with Gasteiger partial charge in [-0.3, -0.25) is 4.90 Å². The SMILES string of the molecule is O=S1(=O)CC[C@@H](N(CCNCc2cccc(Cl)c2)Cc2ccc(Cl)cc2)C1. The van der Waals surface area contributed by atoms with Gasteiger partial charge in [0.25, 0.3) is 0 Å². The fourth-order valence-electron chi connectivity index (χ4n) is 3.38. The summed E-state index contributed by atoms with van der Waals surface area (Å²) in [6, 6.07) is 15.6. The number of hydrogen-bond acceptors (Lipinski definition) is 4. The minimum Gasteiger partial charge on any atom is -0.311 e. The Morgan fingerprint density at radius 3 is 2.48 bits per heavy atom. The van der Waals surface area contributed by atoms with Gasteiger partial charge in [0.15, 0.2) is 9.84 Å². The number of rotatable bonds is 8. The van der Waals surface area contributed by atoms with E-state index < -0.39 is 9.84 Å². The quantitative estimate of drug-likeness (QED) is 0.652. The summed E-state index contributed by atoms with van der Waals surface area (Å²) in [6.45, 7) is 3.01. The normalized spacial score (nSPS) is 18.9. The van der Waals surface area contributed by atoms with Crippen LogP contribution in [0.4, 0.5) is 0 Å². The second-order valence-electron chi connectivity index (χ2n) is 6.96. The van der Waals surface area contributed by atoms with Crippen molar-refractivity contribution >= 4 is 33.0 Å². The average Bonchev–Trinajstić information content (AvgIpc) is 2.99. The Hall–Kier alpha value is -1.11. The van der Waals surface area contributed by atoms with Gasteiger partial charge in [-0.2, -0.15) is 0 Å². The van der Waals surface area contributed by atoms with Crippen molar-refractivity contribution < 1.29 is 8.42 Å². The lowest BCUT2D eigenvalue weighted by molar-refractivity contribution is 0.203. The lowest BCUT2D eigenvalue weighted by atomic mass is 10.1. The van der Waals surface area contributed by atoms with Gasteiger partial charge in [0, 0.05) is 42.3 Å². The van der Waals surface area contributed by atoms with Gasteiger partial charge in [0.2, 0.25) is 0 Å². The van der Waals surface area contributed by atoms with Gasteiger partial charge in [-0.05, 0) is 41.8 Å². The number of nitrogens with one attached hydrogen (secondary N) is 1. The van der Waals surface area contributed by atoms with Crippen molar-refractivity contribution in [3.63, 3.8) is 0 Å². The van der Waals surface area contributed by atoms with Crippen molar-refractivity contribution in [3.05, 3.63) is 69.7 Å². The maximum atomic E-state index is 11.9. The minimum absolute atomic E-state index is 0.0682. The first-order chi connectivity index (χ1) is 12.9. The van der Waals surface area contributed by atoms with Crippen molar-refractivity contribution in [2.24, 2.45) is 0 Å². The zero-order chi connectivity index (χ0) is 19.3. The molecule has 7 heteroatoms. The van der Waals surface area contributed by atoms with Crippen molar-refractivity contribution in [1.29, 1.82) is 0 Å².